The van der Waals surface area contributed by atoms with Gasteiger partial charge in [-0.15, -0.1) is 0 Å². The molecule has 1 N–H and O–H groups in total. The van der Waals surface area contributed by atoms with Crippen molar-refractivity contribution < 1.29 is 0 Å². The first-order chi connectivity index (χ1) is 5.06. The van der Waals surface area contributed by atoms with Gasteiger partial charge >= 0.3 is 0 Å². The Hall–Kier alpha value is -0.0800. The molecule has 2 aliphatic heterocycles. The number of rotatable bonds is 0. The molecule has 0 aromatic heterocycles. The van der Waals surface area contributed by atoms with Crippen molar-refractivity contribution in [2.75, 3.05) is 33.2 Å². The van der Waals surface area contributed by atoms with Crippen molar-refractivity contribution >= 4 is 0 Å². The molecular formula is C9H18N2. The van der Waals surface area contributed by atoms with E-state index in [-0.39, 0.29) is 0 Å². The Kier molecular flexibility index (Phi) is 1.37. The predicted octanol–water partition coefficient (Wildman–Crippen LogP) is 0.548. The van der Waals surface area contributed by atoms with Gasteiger partial charge < -0.3 is 10.2 Å². The van der Waals surface area contributed by atoms with Crippen LogP contribution in [0.4, 0.5) is 0 Å². The lowest BCUT2D eigenvalue weighted by atomic mass is 9.71. The second kappa shape index (κ2) is 1.99. The van der Waals surface area contributed by atoms with Crippen molar-refractivity contribution in [2.24, 2.45) is 10.8 Å². The molecule has 0 radical (unpaired) electrons. The minimum atomic E-state index is 0.530. The van der Waals surface area contributed by atoms with E-state index < -0.39 is 0 Å². The average molecular weight is 154 g/mol. The number of nitrogens with zero attached hydrogens (tertiary/aromatic N) is 1. The summed E-state index contributed by atoms with van der Waals surface area (Å²) in [4.78, 5) is 2.46. The normalized spacial score (nSPS) is 51.5. The quantitative estimate of drug-likeness (QED) is 0.548. The van der Waals surface area contributed by atoms with Gasteiger partial charge in [-0.3, -0.25) is 0 Å². The molecule has 2 atom stereocenters. The minimum absolute atomic E-state index is 0.530. The second-order valence-electron chi connectivity index (χ2n) is 4.90. The number of likely N-dealkylation sites (tertiary alicyclic amines) is 1. The van der Waals surface area contributed by atoms with E-state index in [0.717, 1.165) is 0 Å². The fourth-order valence-corrected chi connectivity index (χ4v) is 2.78. The van der Waals surface area contributed by atoms with Crippen LogP contribution in [0.1, 0.15) is 13.8 Å². The Morgan fingerprint density at radius 2 is 1.55 bits per heavy atom. The van der Waals surface area contributed by atoms with Crippen LogP contribution in [0.15, 0.2) is 0 Å². The highest BCUT2D eigenvalue weighted by Crippen LogP contribution is 2.47. The van der Waals surface area contributed by atoms with Crippen LogP contribution in [0.5, 0.6) is 0 Å². The third-order valence-electron chi connectivity index (χ3n) is 3.73. The van der Waals surface area contributed by atoms with E-state index in [1.54, 1.807) is 0 Å². The zero-order valence-electron chi connectivity index (χ0n) is 7.78. The summed E-state index contributed by atoms with van der Waals surface area (Å²) in [5, 5.41) is 3.50. The molecule has 2 saturated heterocycles. The van der Waals surface area contributed by atoms with Crippen LogP contribution in [0.3, 0.4) is 0 Å². The molecule has 2 heterocycles. The van der Waals surface area contributed by atoms with Crippen molar-refractivity contribution in [3.8, 4) is 0 Å². The monoisotopic (exact) mass is 154 g/mol. The topological polar surface area (TPSA) is 15.3 Å². The van der Waals surface area contributed by atoms with Crippen LogP contribution in [0, 0.1) is 10.8 Å². The van der Waals surface area contributed by atoms with E-state index >= 15 is 0 Å². The molecular weight excluding hydrogens is 136 g/mol. The second-order valence-corrected chi connectivity index (χ2v) is 4.90. The molecule has 2 rings (SSSR count). The van der Waals surface area contributed by atoms with Gasteiger partial charge in [0, 0.05) is 37.0 Å². The first-order valence-corrected chi connectivity index (χ1v) is 4.45. The van der Waals surface area contributed by atoms with Gasteiger partial charge in [0.2, 0.25) is 0 Å². The largest absolute Gasteiger partial charge is 0.316 e. The van der Waals surface area contributed by atoms with Crippen LogP contribution in [0.25, 0.3) is 0 Å². The molecule has 2 fully saturated rings. The molecule has 0 saturated carbocycles. The van der Waals surface area contributed by atoms with E-state index in [4.69, 9.17) is 0 Å². The molecule has 2 aliphatic rings. The zero-order valence-corrected chi connectivity index (χ0v) is 7.78. The molecule has 0 spiro atoms. The molecule has 0 aliphatic carbocycles. The summed E-state index contributed by atoms with van der Waals surface area (Å²) in [6.45, 7) is 9.75. The number of hydrogen-bond donors (Lipinski definition) is 1. The molecule has 64 valence electrons. The van der Waals surface area contributed by atoms with Crippen LogP contribution in [-0.2, 0) is 0 Å². The van der Waals surface area contributed by atoms with Gasteiger partial charge in [0.25, 0.3) is 0 Å². The maximum atomic E-state index is 3.50. The van der Waals surface area contributed by atoms with Gasteiger partial charge in [-0.05, 0) is 7.05 Å². The molecule has 0 aromatic carbocycles. The van der Waals surface area contributed by atoms with Crippen molar-refractivity contribution in [2.45, 2.75) is 13.8 Å². The molecule has 11 heavy (non-hydrogen) atoms. The van der Waals surface area contributed by atoms with Crippen LogP contribution in [0.2, 0.25) is 0 Å². The molecule has 0 amide bonds. The van der Waals surface area contributed by atoms with Crippen LogP contribution >= 0.6 is 0 Å². The summed E-state index contributed by atoms with van der Waals surface area (Å²) in [6.07, 6.45) is 0. The highest BCUT2D eigenvalue weighted by atomic mass is 15.2. The number of nitrogens with one attached hydrogen (secondary N) is 1. The smallest absolute Gasteiger partial charge is 0.00509 e. The van der Waals surface area contributed by atoms with Crippen molar-refractivity contribution in [3.63, 3.8) is 0 Å². The first-order valence-electron chi connectivity index (χ1n) is 4.45. The maximum Gasteiger partial charge on any atom is 0.00509 e. The van der Waals surface area contributed by atoms with Crippen LogP contribution in [-0.4, -0.2) is 38.1 Å². The SMILES string of the molecule is CN1C[C@]2(C)CNC[C@]2(C)C1. The third kappa shape index (κ3) is 0.859. The fourth-order valence-electron chi connectivity index (χ4n) is 2.78. The Morgan fingerprint density at radius 1 is 1.09 bits per heavy atom. The molecule has 0 aromatic rings. The average Bonchev–Trinajstić information content (AvgIpc) is 2.16. The number of hydrogen-bond acceptors (Lipinski definition) is 2. The highest BCUT2D eigenvalue weighted by molar-refractivity contribution is 5.07. The van der Waals surface area contributed by atoms with Crippen LogP contribution < -0.4 is 5.32 Å². The van der Waals surface area contributed by atoms with Crippen molar-refractivity contribution in [3.05, 3.63) is 0 Å². The zero-order chi connectivity index (χ0) is 8.11. The molecule has 0 bridgehead atoms. The third-order valence-corrected chi connectivity index (χ3v) is 3.73. The minimum Gasteiger partial charge on any atom is -0.316 e. The van der Waals surface area contributed by atoms with E-state index in [1.165, 1.54) is 26.2 Å². The van der Waals surface area contributed by atoms with Crippen molar-refractivity contribution in [1.29, 1.82) is 0 Å². The Morgan fingerprint density at radius 3 is 2.00 bits per heavy atom. The lowest BCUT2D eigenvalue weighted by Gasteiger charge is -2.31. The van der Waals surface area contributed by atoms with E-state index in [9.17, 15) is 0 Å². The Labute approximate surface area is 69.0 Å². The lowest BCUT2D eigenvalue weighted by Crippen LogP contribution is -2.34. The predicted molar refractivity (Wildman–Crippen MR) is 46.6 cm³/mol. The maximum absolute atomic E-state index is 3.50. The highest BCUT2D eigenvalue weighted by Gasteiger charge is 2.53. The van der Waals surface area contributed by atoms with E-state index in [0.29, 0.717) is 10.8 Å². The summed E-state index contributed by atoms with van der Waals surface area (Å²) >= 11 is 0. The summed E-state index contributed by atoms with van der Waals surface area (Å²) in [7, 11) is 2.23. The lowest BCUT2D eigenvalue weighted by molar-refractivity contribution is 0.212. The summed E-state index contributed by atoms with van der Waals surface area (Å²) in [5.74, 6) is 0. The Balaban J connectivity index is 2.28. The van der Waals surface area contributed by atoms with E-state index in [2.05, 4.69) is 31.1 Å². The van der Waals surface area contributed by atoms with Gasteiger partial charge in [0.1, 0.15) is 0 Å². The summed E-state index contributed by atoms with van der Waals surface area (Å²) < 4.78 is 0. The van der Waals surface area contributed by atoms with E-state index in [1.807, 2.05) is 0 Å². The molecule has 2 heteroatoms. The van der Waals surface area contributed by atoms with Crippen molar-refractivity contribution in [1.82, 2.24) is 10.2 Å². The Bertz CT molecular complexity index is 162. The van der Waals surface area contributed by atoms with Gasteiger partial charge in [-0.25, -0.2) is 0 Å². The summed E-state index contributed by atoms with van der Waals surface area (Å²) in [6, 6.07) is 0. The number of fused-ring (bicyclic) bond motifs is 1. The standard InChI is InChI=1S/C9H18N2/c1-8-4-10-5-9(8,2)7-11(3)6-8/h10H,4-7H2,1-3H3/t8-,9+. The van der Waals surface area contributed by atoms with Gasteiger partial charge in [-0.2, -0.15) is 0 Å². The fraction of sp³-hybridized carbons (Fsp3) is 1.00. The summed E-state index contributed by atoms with van der Waals surface area (Å²) in [5.41, 5.74) is 1.06. The molecule has 2 nitrogen and oxygen atoms in total. The first kappa shape index (κ1) is 7.56. The van der Waals surface area contributed by atoms with Gasteiger partial charge in [0.05, 0.1) is 0 Å². The molecule has 0 unspecified atom stereocenters. The van der Waals surface area contributed by atoms with Gasteiger partial charge in [0.15, 0.2) is 0 Å². The van der Waals surface area contributed by atoms with Gasteiger partial charge in [-0.1, -0.05) is 13.8 Å².